The number of benzene rings is 2. The van der Waals surface area contributed by atoms with Crippen LogP contribution in [0.15, 0.2) is 60.7 Å². The summed E-state index contributed by atoms with van der Waals surface area (Å²) in [5, 5.41) is 0. The molecule has 0 radical (unpaired) electrons. The molecule has 0 aliphatic heterocycles. The van der Waals surface area contributed by atoms with Crippen molar-refractivity contribution in [3.63, 3.8) is 0 Å². The summed E-state index contributed by atoms with van der Waals surface area (Å²) >= 11 is 0. The van der Waals surface area contributed by atoms with E-state index >= 15 is 0 Å². The lowest BCUT2D eigenvalue weighted by Gasteiger charge is -2.05. The number of rotatable bonds is 6. The van der Waals surface area contributed by atoms with E-state index in [0.717, 1.165) is 11.3 Å². The van der Waals surface area contributed by atoms with E-state index < -0.39 is 0 Å². The minimum absolute atomic E-state index is 0.135. The topological polar surface area (TPSA) is 26.3 Å². The van der Waals surface area contributed by atoms with E-state index in [9.17, 15) is 4.79 Å². The van der Waals surface area contributed by atoms with Gasteiger partial charge in [0.25, 0.3) is 0 Å². The fourth-order valence-corrected chi connectivity index (χ4v) is 1.86. The van der Waals surface area contributed by atoms with Crippen LogP contribution in [-0.2, 0) is 0 Å². The van der Waals surface area contributed by atoms with Crippen LogP contribution in [0, 0.1) is 0 Å². The van der Waals surface area contributed by atoms with Crippen LogP contribution in [-0.4, -0.2) is 12.4 Å². The van der Waals surface area contributed by atoms with Crippen molar-refractivity contribution in [3.8, 4) is 5.75 Å². The standard InChI is InChI=1S/C18H18O2/c1-2-18(19)16-11-6-12-17(14-16)20-13-7-10-15-8-4-3-5-9-15/h3-12,14H,2,13H2,1H3/b10-7+. The lowest BCUT2D eigenvalue weighted by atomic mass is 10.1. The summed E-state index contributed by atoms with van der Waals surface area (Å²) in [6.07, 6.45) is 4.49. The first-order chi connectivity index (χ1) is 9.79. The first kappa shape index (κ1) is 14.1. The van der Waals surface area contributed by atoms with Gasteiger partial charge in [-0.15, -0.1) is 0 Å². The van der Waals surface area contributed by atoms with Gasteiger partial charge in [-0.3, -0.25) is 4.79 Å². The summed E-state index contributed by atoms with van der Waals surface area (Å²) in [5.41, 5.74) is 1.85. The second-order valence-corrected chi connectivity index (χ2v) is 4.43. The molecule has 2 heteroatoms. The Kier molecular flexibility index (Phi) is 5.13. The SMILES string of the molecule is CCC(=O)c1cccc(OC/C=C/c2ccccc2)c1. The molecule has 2 nitrogen and oxygen atoms in total. The smallest absolute Gasteiger partial charge is 0.162 e. The molecule has 0 spiro atoms. The van der Waals surface area contributed by atoms with E-state index in [1.54, 1.807) is 6.07 Å². The quantitative estimate of drug-likeness (QED) is 0.726. The average molecular weight is 266 g/mol. The fraction of sp³-hybridized carbons (Fsp3) is 0.167. The van der Waals surface area contributed by atoms with Crippen molar-refractivity contribution in [2.75, 3.05) is 6.61 Å². The van der Waals surface area contributed by atoms with Crippen LogP contribution in [0.1, 0.15) is 29.3 Å². The number of carbonyl (C=O) groups excluding carboxylic acids is 1. The van der Waals surface area contributed by atoms with Crippen molar-refractivity contribution in [2.45, 2.75) is 13.3 Å². The molecule has 0 aliphatic rings. The molecule has 0 aliphatic carbocycles. The second-order valence-electron chi connectivity index (χ2n) is 4.43. The number of ketones is 1. The largest absolute Gasteiger partial charge is 0.490 e. The number of carbonyl (C=O) groups is 1. The normalized spacial score (nSPS) is 10.7. The lowest BCUT2D eigenvalue weighted by Crippen LogP contribution is -1.98. The molecule has 0 aromatic heterocycles. The number of ether oxygens (including phenoxy) is 1. The van der Waals surface area contributed by atoms with Crippen molar-refractivity contribution in [1.82, 2.24) is 0 Å². The highest BCUT2D eigenvalue weighted by Gasteiger charge is 2.03. The zero-order valence-corrected chi connectivity index (χ0v) is 11.6. The predicted octanol–water partition coefficient (Wildman–Crippen LogP) is 4.37. The van der Waals surface area contributed by atoms with Crippen molar-refractivity contribution < 1.29 is 9.53 Å². The first-order valence-electron chi connectivity index (χ1n) is 6.77. The maximum Gasteiger partial charge on any atom is 0.162 e. The van der Waals surface area contributed by atoms with Crippen LogP contribution in [0.4, 0.5) is 0 Å². The number of Topliss-reactive ketones (excluding diaryl/α,β-unsaturated/α-hetero) is 1. The zero-order valence-electron chi connectivity index (χ0n) is 11.6. The molecule has 0 fully saturated rings. The first-order valence-corrected chi connectivity index (χ1v) is 6.77. The summed E-state index contributed by atoms with van der Waals surface area (Å²) < 4.78 is 5.62. The molecule has 20 heavy (non-hydrogen) atoms. The third kappa shape index (κ3) is 4.09. The van der Waals surface area contributed by atoms with E-state index in [2.05, 4.69) is 0 Å². The lowest BCUT2D eigenvalue weighted by molar-refractivity contribution is 0.0988. The Balaban J connectivity index is 1.91. The van der Waals surface area contributed by atoms with Crippen molar-refractivity contribution in [3.05, 3.63) is 71.8 Å². The molecular weight excluding hydrogens is 248 g/mol. The van der Waals surface area contributed by atoms with Crippen molar-refractivity contribution >= 4 is 11.9 Å². The van der Waals surface area contributed by atoms with Gasteiger partial charge in [-0.25, -0.2) is 0 Å². The molecule has 0 bridgehead atoms. The molecule has 0 saturated carbocycles. The maximum absolute atomic E-state index is 11.6. The van der Waals surface area contributed by atoms with Gasteiger partial charge >= 0.3 is 0 Å². The summed E-state index contributed by atoms with van der Waals surface area (Å²) in [6, 6.07) is 17.4. The minimum atomic E-state index is 0.135. The molecule has 2 rings (SSSR count). The highest BCUT2D eigenvalue weighted by molar-refractivity contribution is 5.96. The van der Waals surface area contributed by atoms with Gasteiger partial charge < -0.3 is 4.74 Å². The fourth-order valence-electron chi connectivity index (χ4n) is 1.86. The van der Waals surface area contributed by atoms with Gasteiger partial charge in [0, 0.05) is 12.0 Å². The van der Waals surface area contributed by atoms with Crippen molar-refractivity contribution in [2.24, 2.45) is 0 Å². The molecule has 0 N–H and O–H groups in total. The van der Waals surface area contributed by atoms with Gasteiger partial charge in [0.05, 0.1) is 0 Å². The van der Waals surface area contributed by atoms with Crippen LogP contribution in [0.3, 0.4) is 0 Å². The zero-order chi connectivity index (χ0) is 14.2. The van der Waals surface area contributed by atoms with Gasteiger partial charge in [0.1, 0.15) is 12.4 Å². The second kappa shape index (κ2) is 7.29. The Labute approximate surface area is 119 Å². The monoisotopic (exact) mass is 266 g/mol. The van der Waals surface area contributed by atoms with Crippen molar-refractivity contribution in [1.29, 1.82) is 0 Å². The van der Waals surface area contributed by atoms with E-state index in [-0.39, 0.29) is 5.78 Å². The molecular formula is C18H18O2. The van der Waals surface area contributed by atoms with Gasteiger partial charge in [-0.1, -0.05) is 55.5 Å². The van der Waals surface area contributed by atoms with Crippen LogP contribution in [0.5, 0.6) is 5.75 Å². The molecule has 0 saturated heterocycles. The molecule has 0 heterocycles. The number of hydrogen-bond donors (Lipinski definition) is 0. The third-order valence-electron chi connectivity index (χ3n) is 2.93. The maximum atomic E-state index is 11.6. The highest BCUT2D eigenvalue weighted by atomic mass is 16.5. The Morgan fingerprint density at radius 3 is 2.65 bits per heavy atom. The van der Waals surface area contributed by atoms with Crippen LogP contribution < -0.4 is 4.74 Å². The van der Waals surface area contributed by atoms with E-state index in [1.807, 2.05) is 67.6 Å². The summed E-state index contributed by atoms with van der Waals surface area (Å²) in [7, 11) is 0. The molecule has 0 amide bonds. The van der Waals surface area contributed by atoms with Gasteiger partial charge in [-0.2, -0.15) is 0 Å². The van der Waals surface area contributed by atoms with Gasteiger partial charge in [0.2, 0.25) is 0 Å². The molecule has 2 aromatic carbocycles. The van der Waals surface area contributed by atoms with Crippen LogP contribution in [0.2, 0.25) is 0 Å². The van der Waals surface area contributed by atoms with Crippen LogP contribution >= 0.6 is 0 Å². The van der Waals surface area contributed by atoms with E-state index in [1.165, 1.54) is 0 Å². The predicted molar refractivity (Wildman–Crippen MR) is 82.0 cm³/mol. The Morgan fingerprint density at radius 2 is 1.90 bits per heavy atom. The molecule has 102 valence electrons. The minimum Gasteiger partial charge on any atom is -0.490 e. The molecule has 0 atom stereocenters. The summed E-state index contributed by atoms with van der Waals surface area (Å²) in [4.78, 5) is 11.6. The van der Waals surface area contributed by atoms with Gasteiger partial charge in [-0.05, 0) is 23.8 Å². The Morgan fingerprint density at radius 1 is 1.10 bits per heavy atom. The van der Waals surface area contributed by atoms with Crippen LogP contribution in [0.25, 0.3) is 6.08 Å². The molecule has 2 aromatic rings. The Hall–Kier alpha value is -2.35. The summed E-state index contributed by atoms with van der Waals surface area (Å²) in [5.74, 6) is 0.859. The van der Waals surface area contributed by atoms with E-state index in [4.69, 9.17) is 4.74 Å². The molecule has 0 unspecified atom stereocenters. The average Bonchev–Trinajstić information content (AvgIpc) is 2.52. The number of hydrogen-bond acceptors (Lipinski definition) is 2. The highest BCUT2D eigenvalue weighted by Crippen LogP contribution is 2.14. The van der Waals surface area contributed by atoms with E-state index in [0.29, 0.717) is 18.6 Å². The summed E-state index contributed by atoms with van der Waals surface area (Å²) in [6.45, 7) is 2.34. The third-order valence-corrected chi connectivity index (χ3v) is 2.93. The Bertz CT molecular complexity index is 585. The van der Waals surface area contributed by atoms with Gasteiger partial charge in [0.15, 0.2) is 5.78 Å².